The lowest BCUT2D eigenvalue weighted by Crippen LogP contribution is -2.46. The Hall–Kier alpha value is -2.84. The number of aryl methyl sites for hydroxylation is 1. The number of aromatic amines is 1. The highest BCUT2D eigenvalue weighted by Crippen LogP contribution is 2.23. The van der Waals surface area contributed by atoms with E-state index in [4.69, 9.17) is 4.74 Å². The molecule has 0 aromatic carbocycles. The monoisotopic (exact) mass is 432 g/mol. The Morgan fingerprint density at radius 1 is 1.19 bits per heavy atom. The summed E-state index contributed by atoms with van der Waals surface area (Å²) in [7, 11) is 1.31. The second-order valence-electron chi connectivity index (χ2n) is 8.34. The fraction of sp³-hybridized carbons (Fsp3) is 0.636. The summed E-state index contributed by atoms with van der Waals surface area (Å²) < 4.78 is 4.81. The van der Waals surface area contributed by atoms with Gasteiger partial charge in [0.2, 0.25) is 11.8 Å². The summed E-state index contributed by atoms with van der Waals surface area (Å²) in [4.78, 5) is 55.9. The number of ether oxygens (including phenoxy) is 1. The van der Waals surface area contributed by atoms with Gasteiger partial charge in [0.05, 0.1) is 18.6 Å². The molecule has 1 atom stereocenters. The van der Waals surface area contributed by atoms with Gasteiger partial charge in [0.15, 0.2) is 0 Å². The van der Waals surface area contributed by atoms with Gasteiger partial charge in [-0.05, 0) is 45.1 Å². The summed E-state index contributed by atoms with van der Waals surface area (Å²) in [6, 6.07) is 0. The SMILES string of the molecule is COC(=O)c1c(C)[nH]c(C(=O)N2CCC[C@@H](C(=O)NCCCN3CCCC3=O)C2)c1C. The molecule has 2 aliphatic heterocycles. The number of aromatic nitrogens is 1. The van der Waals surface area contributed by atoms with Crippen LogP contribution in [0.2, 0.25) is 0 Å². The molecule has 0 unspecified atom stereocenters. The molecular weight excluding hydrogens is 400 g/mol. The Labute approximate surface area is 182 Å². The van der Waals surface area contributed by atoms with Crippen LogP contribution in [0.3, 0.4) is 0 Å². The minimum atomic E-state index is -0.475. The van der Waals surface area contributed by atoms with Crippen LogP contribution < -0.4 is 5.32 Å². The van der Waals surface area contributed by atoms with E-state index in [2.05, 4.69) is 10.3 Å². The molecule has 1 aromatic heterocycles. The van der Waals surface area contributed by atoms with E-state index in [0.717, 1.165) is 32.2 Å². The summed E-state index contributed by atoms with van der Waals surface area (Å²) in [5, 5.41) is 2.95. The average Bonchev–Trinajstić information content (AvgIpc) is 3.31. The number of esters is 1. The Kier molecular flexibility index (Phi) is 7.35. The molecule has 9 nitrogen and oxygen atoms in total. The maximum absolute atomic E-state index is 13.1. The van der Waals surface area contributed by atoms with Crippen molar-refractivity contribution in [2.24, 2.45) is 5.92 Å². The second kappa shape index (κ2) is 9.98. The van der Waals surface area contributed by atoms with E-state index in [-0.39, 0.29) is 23.6 Å². The Balaban J connectivity index is 1.54. The zero-order valence-electron chi connectivity index (χ0n) is 18.6. The topological polar surface area (TPSA) is 112 Å². The number of nitrogens with one attached hydrogen (secondary N) is 2. The number of carbonyl (C=O) groups excluding carboxylic acids is 4. The molecule has 9 heteroatoms. The lowest BCUT2D eigenvalue weighted by atomic mass is 9.96. The number of methoxy groups -OCH3 is 1. The van der Waals surface area contributed by atoms with Crippen LogP contribution in [0.15, 0.2) is 0 Å². The van der Waals surface area contributed by atoms with E-state index in [1.54, 1.807) is 18.7 Å². The molecule has 1 aromatic rings. The molecule has 31 heavy (non-hydrogen) atoms. The van der Waals surface area contributed by atoms with E-state index in [9.17, 15) is 19.2 Å². The maximum Gasteiger partial charge on any atom is 0.339 e. The lowest BCUT2D eigenvalue weighted by Gasteiger charge is -2.32. The van der Waals surface area contributed by atoms with Crippen molar-refractivity contribution < 1.29 is 23.9 Å². The molecule has 2 aliphatic rings. The van der Waals surface area contributed by atoms with Crippen LogP contribution in [0.5, 0.6) is 0 Å². The van der Waals surface area contributed by atoms with Crippen molar-refractivity contribution >= 4 is 23.7 Å². The zero-order chi connectivity index (χ0) is 22.5. The first kappa shape index (κ1) is 22.8. The van der Waals surface area contributed by atoms with E-state index in [0.29, 0.717) is 55.1 Å². The molecule has 3 heterocycles. The van der Waals surface area contributed by atoms with E-state index >= 15 is 0 Å². The van der Waals surface area contributed by atoms with Gasteiger partial charge >= 0.3 is 5.97 Å². The Bertz CT molecular complexity index is 862. The minimum Gasteiger partial charge on any atom is -0.465 e. The Morgan fingerprint density at radius 2 is 1.97 bits per heavy atom. The number of amides is 3. The van der Waals surface area contributed by atoms with Crippen molar-refractivity contribution in [2.75, 3.05) is 39.8 Å². The van der Waals surface area contributed by atoms with E-state index < -0.39 is 5.97 Å². The number of carbonyl (C=O) groups is 4. The molecule has 3 amide bonds. The number of H-pyrrole nitrogens is 1. The number of likely N-dealkylation sites (tertiary alicyclic amines) is 2. The molecule has 0 saturated carbocycles. The van der Waals surface area contributed by atoms with Gasteiger partial charge < -0.3 is 24.8 Å². The third-order valence-corrected chi connectivity index (χ3v) is 6.20. The van der Waals surface area contributed by atoms with Gasteiger partial charge in [0.25, 0.3) is 5.91 Å². The highest BCUT2D eigenvalue weighted by Gasteiger charge is 2.31. The van der Waals surface area contributed by atoms with Gasteiger partial charge in [-0.2, -0.15) is 0 Å². The average molecular weight is 433 g/mol. The molecule has 0 bridgehead atoms. The van der Waals surface area contributed by atoms with Crippen molar-refractivity contribution in [1.29, 1.82) is 0 Å². The standard InChI is InChI=1S/C22H32N4O5/c1-14-18(22(30)31-3)15(2)24-19(14)21(29)26-11-4-7-16(13-26)20(28)23-9-6-12-25-10-5-8-17(25)27/h16,24H,4-13H2,1-3H3,(H,23,28)/t16-/m1/s1. The summed E-state index contributed by atoms with van der Waals surface area (Å²) >= 11 is 0. The van der Waals surface area contributed by atoms with Gasteiger partial charge in [0, 0.05) is 44.8 Å². The first-order valence-electron chi connectivity index (χ1n) is 11.0. The maximum atomic E-state index is 13.1. The van der Waals surface area contributed by atoms with Gasteiger partial charge in [-0.3, -0.25) is 14.4 Å². The fourth-order valence-electron chi connectivity index (χ4n) is 4.47. The minimum absolute atomic E-state index is 0.0557. The fourth-order valence-corrected chi connectivity index (χ4v) is 4.47. The lowest BCUT2D eigenvalue weighted by molar-refractivity contribution is -0.127. The molecule has 2 saturated heterocycles. The van der Waals surface area contributed by atoms with E-state index in [1.165, 1.54) is 7.11 Å². The molecule has 0 aliphatic carbocycles. The smallest absolute Gasteiger partial charge is 0.339 e. The van der Waals surface area contributed by atoms with Crippen LogP contribution in [-0.2, 0) is 14.3 Å². The number of rotatable bonds is 7. The number of hydrogen-bond donors (Lipinski definition) is 2. The predicted molar refractivity (Wildman–Crippen MR) is 114 cm³/mol. The molecule has 170 valence electrons. The van der Waals surface area contributed by atoms with Crippen molar-refractivity contribution in [3.63, 3.8) is 0 Å². The molecule has 0 spiro atoms. The highest BCUT2D eigenvalue weighted by atomic mass is 16.5. The summed E-state index contributed by atoms with van der Waals surface area (Å²) in [6.45, 7) is 6.38. The number of nitrogens with zero attached hydrogens (tertiary/aromatic N) is 2. The first-order valence-corrected chi connectivity index (χ1v) is 11.0. The van der Waals surface area contributed by atoms with Gasteiger partial charge in [-0.15, -0.1) is 0 Å². The van der Waals surface area contributed by atoms with Gasteiger partial charge in [0.1, 0.15) is 5.69 Å². The molecule has 3 rings (SSSR count). The van der Waals surface area contributed by atoms with Crippen molar-refractivity contribution in [3.05, 3.63) is 22.5 Å². The number of hydrogen-bond acceptors (Lipinski definition) is 5. The highest BCUT2D eigenvalue weighted by molar-refractivity contribution is 6.00. The third kappa shape index (κ3) is 5.08. The second-order valence-corrected chi connectivity index (χ2v) is 8.34. The first-order chi connectivity index (χ1) is 14.8. The van der Waals surface area contributed by atoms with Crippen molar-refractivity contribution in [1.82, 2.24) is 20.1 Å². The van der Waals surface area contributed by atoms with Crippen LogP contribution in [0.4, 0.5) is 0 Å². The summed E-state index contributed by atoms with van der Waals surface area (Å²) in [6.07, 6.45) is 3.74. The van der Waals surface area contributed by atoms with Gasteiger partial charge in [-0.1, -0.05) is 0 Å². The van der Waals surface area contributed by atoms with E-state index in [1.807, 2.05) is 4.90 Å². The third-order valence-electron chi connectivity index (χ3n) is 6.20. The van der Waals surface area contributed by atoms with Crippen LogP contribution in [-0.4, -0.2) is 78.3 Å². The molecule has 0 radical (unpaired) electrons. The molecule has 2 N–H and O–H groups in total. The summed E-state index contributed by atoms with van der Waals surface area (Å²) in [5.41, 5.74) is 1.91. The van der Waals surface area contributed by atoms with Crippen LogP contribution >= 0.6 is 0 Å². The van der Waals surface area contributed by atoms with Crippen LogP contribution in [0.25, 0.3) is 0 Å². The number of piperidine rings is 1. The quantitative estimate of drug-likeness (QED) is 0.500. The van der Waals surface area contributed by atoms with Gasteiger partial charge in [-0.25, -0.2) is 4.79 Å². The molecular formula is C22H32N4O5. The van der Waals surface area contributed by atoms with Crippen LogP contribution in [0.1, 0.15) is 64.2 Å². The van der Waals surface area contributed by atoms with Crippen molar-refractivity contribution in [2.45, 2.75) is 46.0 Å². The van der Waals surface area contributed by atoms with Crippen LogP contribution in [0, 0.1) is 19.8 Å². The summed E-state index contributed by atoms with van der Waals surface area (Å²) in [5.74, 6) is -0.807. The Morgan fingerprint density at radius 3 is 2.65 bits per heavy atom. The van der Waals surface area contributed by atoms with Crippen molar-refractivity contribution in [3.8, 4) is 0 Å². The largest absolute Gasteiger partial charge is 0.465 e. The predicted octanol–water partition coefficient (Wildman–Crippen LogP) is 1.40. The zero-order valence-corrected chi connectivity index (χ0v) is 18.6. The molecule has 2 fully saturated rings. The normalized spacial score (nSPS) is 18.9.